The van der Waals surface area contributed by atoms with Crippen molar-refractivity contribution in [3.8, 4) is 0 Å². The van der Waals surface area contributed by atoms with Crippen LogP contribution in [-0.2, 0) is 42.8 Å². The standard InChI is InChI=1S/C40H73NO10/c1-3-4-5-6-7-13-19-28-50-39(44)21-16-11-9-14-18-27-49-37(34-47-26-17-12-8-10-15-20-38(42)43)35-48-30-29-46-31-32-51-40(45)33-36-22-24-41(2)25-23-36/h13,19,36-37H,3-12,14-18,20-35H2,1-2H3,(H,42,43)/b19-13-. The lowest BCUT2D eigenvalue weighted by Gasteiger charge is -2.28. The number of aliphatic carboxylic acids is 1. The van der Waals surface area contributed by atoms with Crippen LogP contribution in [0.15, 0.2) is 12.2 Å². The summed E-state index contributed by atoms with van der Waals surface area (Å²) in [6.07, 6.45) is 22.6. The Morgan fingerprint density at radius 2 is 1.27 bits per heavy atom. The Kier molecular flexibility index (Phi) is 32.2. The van der Waals surface area contributed by atoms with Gasteiger partial charge in [-0.15, -0.1) is 0 Å². The van der Waals surface area contributed by atoms with Crippen molar-refractivity contribution >= 4 is 17.9 Å². The highest BCUT2D eigenvalue weighted by Crippen LogP contribution is 2.19. The van der Waals surface area contributed by atoms with E-state index in [1.165, 1.54) is 25.7 Å². The van der Waals surface area contributed by atoms with Crippen LogP contribution in [0.4, 0.5) is 0 Å². The molecule has 0 amide bonds. The molecule has 0 radical (unpaired) electrons. The van der Waals surface area contributed by atoms with E-state index < -0.39 is 5.97 Å². The van der Waals surface area contributed by atoms with Crippen molar-refractivity contribution in [1.82, 2.24) is 4.90 Å². The van der Waals surface area contributed by atoms with E-state index in [1.807, 2.05) is 6.08 Å². The maximum Gasteiger partial charge on any atom is 0.306 e. The van der Waals surface area contributed by atoms with Crippen LogP contribution in [-0.4, -0.2) is 114 Å². The molecule has 0 saturated carbocycles. The van der Waals surface area contributed by atoms with Gasteiger partial charge >= 0.3 is 17.9 Å². The molecule has 0 spiro atoms. The SMILES string of the molecule is CCCCCC/C=C\COC(=O)CCCCCCCOC(COCCCCCCCC(=O)O)COCCOCCOC(=O)CC1CCN(C)CC1. The number of hydrogen-bond acceptors (Lipinski definition) is 10. The summed E-state index contributed by atoms with van der Waals surface area (Å²) >= 11 is 0. The van der Waals surface area contributed by atoms with Gasteiger partial charge in [-0.2, -0.15) is 0 Å². The average molecular weight is 728 g/mol. The molecule has 1 rings (SSSR count). The quantitative estimate of drug-likeness (QED) is 0.0391. The zero-order chi connectivity index (χ0) is 37.0. The normalized spacial score (nSPS) is 14.6. The molecule has 1 aliphatic heterocycles. The molecule has 1 unspecified atom stereocenters. The summed E-state index contributed by atoms with van der Waals surface area (Å²) in [4.78, 5) is 37.0. The number of hydrogen-bond donors (Lipinski definition) is 1. The van der Waals surface area contributed by atoms with Gasteiger partial charge in [0.25, 0.3) is 0 Å². The zero-order valence-corrected chi connectivity index (χ0v) is 32.3. The van der Waals surface area contributed by atoms with Gasteiger partial charge in [0.2, 0.25) is 0 Å². The number of carboxylic acids is 1. The molecular weight excluding hydrogens is 654 g/mol. The molecule has 0 aromatic rings. The highest BCUT2D eigenvalue weighted by atomic mass is 16.6. The topological polar surface area (TPSA) is 130 Å². The molecule has 0 aromatic carbocycles. The predicted octanol–water partition coefficient (Wildman–Crippen LogP) is 7.53. The van der Waals surface area contributed by atoms with Crippen molar-refractivity contribution in [2.24, 2.45) is 5.92 Å². The third-order valence-corrected chi connectivity index (χ3v) is 9.05. The van der Waals surface area contributed by atoms with Gasteiger partial charge in [-0.05, 0) is 77.4 Å². The van der Waals surface area contributed by atoms with Gasteiger partial charge in [0.05, 0.1) is 33.0 Å². The average Bonchev–Trinajstić information content (AvgIpc) is 3.11. The molecule has 1 N–H and O–H groups in total. The van der Waals surface area contributed by atoms with Crippen LogP contribution in [0.2, 0.25) is 0 Å². The number of carbonyl (C=O) groups excluding carboxylic acids is 2. The van der Waals surface area contributed by atoms with Gasteiger partial charge in [0.1, 0.15) is 19.3 Å². The number of unbranched alkanes of at least 4 members (excludes halogenated alkanes) is 12. The molecule has 1 fully saturated rings. The van der Waals surface area contributed by atoms with Crippen LogP contribution in [0.5, 0.6) is 0 Å². The highest BCUT2D eigenvalue weighted by molar-refractivity contribution is 5.69. The van der Waals surface area contributed by atoms with Gasteiger partial charge in [0.15, 0.2) is 0 Å². The lowest BCUT2D eigenvalue weighted by Crippen LogP contribution is -2.31. The second-order valence-corrected chi connectivity index (χ2v) is 13.9. The second kappa shape index (κ2) is 35.0. The van der Waals surface area contributed by atoms with E-state index in [4.69, 9.17) is 33.5 Å². The zero-order valence-electron chi connectivity index (χ0n) is 32.3. The minimum Gasteiger partial charge on any atom is -0.481 e. The van der Waals surface area contributed by atoms with Crippen molar-refractivity contribution < 1.29 is 47.9 Å². The highest BCUT2D eigenvalue weighted by Gasteiger charge is 2.20. The number of allylic oxidation sites excluding steroid dienone is 1. The molecule has 0 aliphatic carbocycles. The third-order valence-electron chi connectivity index (χ3n) is 9.05. The second-order valence-electron chi connectivity index (χ2n) is 13.9. The monoisotopic (exact) mass is 728 g/mol. The molecule has 1 atom stereocenters. The Morgan fingerprint density at radius 1 is 0.667 bits per heavy atom. The fourth-order valence-corrected chi connectivity index (χ4v) is 5.82. The first-order valence-corrected chi connectivity index (χ1v) is 20.1. The molecule has 11 nitrogen and oxygen atoms in total. The van der Waals surface area contributed by atoms with E-state index in [2.05, 4.69) is 24.9 Å². The molecule has 51 heavy (non-hydrogen) atoms. The summed E-state index contributed by atoms with van der Waals surface area (Å²) in [6.45, 7) is 8.18. The molecule has 298 valence electrons. The fraction of sp³-hybridized carbons (Fsp3) is 0.875. The lowest BCUT2D eigenvalue weighted by atomic mass is 9.94. The van der Waals surface area contributed by atoms with Crippen LogP contribution < -0.4 is 0 Å². The Bertz CT molecular complexity index is 862. The maximum absolute atomic E-state index is 12.1. The smallest absolute Gasteiger partial charge is 0.306 e. The van der Waals surface area contributed by atoms with Crippen LogP contribution in [0.3, 0.4) is 0 Å². The number of carbonyl (C=O) groups is 3. The number of ether oxygens (including phenoxy) is 6. The molecule has 1 saturated heterocycles. The van der Waals surface area contributed by atoms with Crippen LogP contribution >= 0.6 is 0 Å². The van der Waals surface area contributed by atoms with Gasteiger partial charge in [0, 0.05) is 32.5 Å². The third kappa shape index (κ3) is 32.3. The minimum absolute atomic E-state index is 0.123. The Labute approximate surface area is 309 Å². The summed E-state index contributed by atoms with van der Waals surface area (Å²) < 4.78 is 34.1. The summed E-state index contributed by atoms with van der Waals surface area (Å²) in [6, 6.07) is 0. The van der Waals surface area contributed by atoms with Gasteiger partial charge in [-0.25, -0.2) is 0 Å². The van der Waals surface area contributed by atoms with Crippen molar-refractivity contribution in [2.75, 3.05) is 79.6 Å². The molecule has 0 aromatic heterocycles. The van der Waals surface area contributed by atoms with E-state index in [0.29, 0.717) is 71.6 Å². The molecule has 0 bridgehead atoms. The molecule has 1 aliphatic rings. The predicted molar refractivity (Wildman–Crippen MR) is 200 cm³/mol. The first kappa shape index (κ1) is 47.0. The summed E-state index contributed by atoms with van der Waals surface area (Å²) in [5, 5.41) is 8.75. The fourth-order valence-electron chi connectivity index (χ4n) is 5.82. The first-order chi connectivity index (χ1) is 24.9. The number of nitrogens with zero attached hydrogens (tertiary/aromatic N) is 1. The Hall–Kier alpha value is -2.05. The van der Waals surface area contributed by atoms with Crippen molar-refractivity contribution in [3.05, 3.63) is 12.2 Å². The van der Waals surface area contributed by atoms with Crippen LogP contribution in [0.25, 0.3) is 0 Å². The molecular formula is C40H73NO10. The molecule has 1 heterocycles. The number of esters is 2. The summed E-state index contributed by atoms with van der Waals surface area (Å²) in [5.41, 5.74) is 0. The first-order valence-electron chi connectivity index (χ1n) is 20.1. The number of rotatable bonds is 36. The van der Waals surface area contributed by atoms with Crippen LogP contribution in [0.1, 0.15) is 135 Å². The van der Waals surface area contributed by atoms with E-state index in [1.54, 1.807) is 0 Å². The number of piperidine rings is 1. The van der Waals surface area contributed by atoms with E-state index in [-0.39, 0.29) is 31.1 Å². The van der Waals surface area contributed by atoms with E-state index in [0.717, 1.165) is 96.6 Å². The minimum atomic E-state index is -0.735. The number of carboxylic acid groups (broad SMARTS) is 1. The number of likely N-dealkylation sites (tertiary alicyclic amines) is 1. The van der Waals surface area contributed by atoms with E-state index in [9.17, 15) is 14.4 Å². The van der Waals surface area contributed by atoms with Gasteiger partial charge in [-0.3, -0.25) is 14.4 Å². The van der Waals surface area contributed by atoms with Crippen molar-refractivity contribution in [2.45, 2.75) is 141 Å². The van der Waals surface area contributed by atoms with E-state index >= 15 is 0 Å². The summed E-state index contributed by atoms with van der Waals surface area (Å²) in [5.74, 6) is -0.583. The maximum atomic E-state index is 12.1. The van der Waals surface area contributed by atoms with Gasteiger partial charge < -0.3 is 38.4 Å². The van der Waals surface area contributed by atoms with Crippen molar-refractivity contribution in [3.63, 3.8) is 0 Å². The molecule has 11 heteroatoms. The summed E-state index contributed by atoms with van der Waals surface area (Å²) in [7, 11) is 2.11. The Morgan fingerprint density at radius 3 is 2.00 bits per heavy atom. The van der Waals surface area contributed by atoms with Gasteiger partial charge in [-0.1, -0.05) is 76.9 Å². The van der Waals surface area contributed by atoms with Crippen LogP contribution in [0, 0.1) is 5.92 Å². The van der Waals surface area contributed by atoms with Crippen molar-refractivity contribution in [1.29, 1.82) is 0 Å². The Balaban J connectivity index is 2.15. The largest absolute Gasteiger partial charge is 0.481 e. The lowest BCUT2D eigenvalue weighted by molar-refractivity contribution is -0.147.